The molecule has 2 aromatic rings. The molecule has 112 valence electrons. The molecule has 0 atom stereocenters. The summed E-state index contributed by atoms with van der Waals surface area (Å²) >= 11 is 7.16. The molecule has 4 heteroatoms. The molecule has 0 fully saturated rings. The third-order valence-corrected chi connectivity index (χ3v) is 4.14. The van der Waals surface area contributed by atoms with E-state index in [2.05, 4.69) is 80.5 Å². The summed E-state index contributed by atoms with van der Waals surface area (Å²) in [6.07, 6.45) is 0.147. The first-order chi connectivity index (χ1) is 9.95. The van der Waals surface area contributed by atoms with Crippen molar-refractivity contribution in [2.45, 2.75) is 33.4 Å². The largest absolute Gasteiger partial charge is 0.489 e. The van der Waals surface area contributed by atoms with Crippen LogP contribution < -0.4 is 10.1 Å². The van der Waals surface area contributed by atoms with E-state index in [4.69, 9.17) is 4.74 Å². The highest BCUT2D eigenvalue weighted by Crippen LogP contribution is 2.35. The SMILES string of the molecule is Cc1ccc(NCc2cc(Br)c(OC(C)C)c(Br)c2)cc1. The molecular formula is C17H19Br2NO. The van der Waals surface area contributed by atoms with Gasteiger partial charge >= 0.3 is 0 Å². The Morgan fingerprint density at radius 3 is 2.14 bits per heavy atom. The summed E-state index contributed by atoms with van der Waals surface area (Å²) in [7, 11) is 0. The first-order valence-electron chi connectivity index (χ1n) is 6.91. The van der Waals surface area contributed by atoms with Crippen LogP contribution in [0.4, 0.5) is 5.69 Å². The Kier molecular flexibility index (Phi) is 5.71. The summed E-state index contributed by atoms with van der Waals surface area (Å²) < 4.78 is 7.72. The zero-order valence-corrected chi connectivity index (χ0v) is 15.6. The molecule has 0 radical (unpaired) electrons. The smallest absolute Gasteiger partial charge is 0.148 e. The van der Waals surface area contributed by atoms with Crippen LogP contribution in [0.15, 0.2) is 45.3 Å². The number of nitrogens with one attached hydrogen (secondary N) is 1. The molecule has 0 bridgehead atoms. The van der Waals surface area contributed by atoms with Gasteiger partial charge in [-0.3, -0.25) is 0 Å². The quantitative estimate of drug-likeness (QED) is 0.657. The maximum absolute atomic E-state index is 5.79. The minimum Gasteiger partial charge on any atom is -0.489 e. The van der Waals surface area contributed by atoms with Gasteiger partial charge < -0.3 is 10.1 Å². The van der Waals surface area contributed by atoms with Gasteiger partial charge in [-0.1, -0.05) is 17.7 Å². The fourth-order valence-corrected chi connectivity index (χ4v) is 3.41. The summed E-state index contributed by atoms with van der Waals surface area (Å²) in [6.45, 7) is 6.89. The normalized spacial score (nSPS) is 10.8. The summed E-state index contributed by atoms with van der Waals surface area (Å²) in [5.74, 6) is 0.851. The molecule has 2 nitrogen and oxygen atoms in total. The van der Waals surface area contributed by atoms with Crippen molar-refractivity contribution in [2.75, 3.05) is 5.32 Å². The third-order valence-electron chi connectivity index (χ3n) is 2.96. The average molecular weight is 413 g/mol. The van der Waals surface area contributed by atoms with Gasteiger partial charge in [0.25, 0.3) is 0 Å². The van der Waals surface area contributed by atoms with Crippen molar-refractivity contribution < 1.29 is 4.74 Å². The highest BCUT2D eigenvalue weighted by molar-refractivity contribution is 9.11. The van der Waals surface area contributed by atoms with E-state index in [0.29, 0.717) is 0 Å². The molecule has 0 aliphatic carbocycles. The number of rotatable bonds is 5. The van der Waals surface area contributed by atoms with Crippen LogP contribution in [0, 0.1) is 6.92 Å². The molecule has 0 aromatic heterocycles. The zero-order valence-electron chi connectivity index (χ0n) is 12.4. The van der Waals surface area contributed by atoms with Crippen LogP contribution in [-0.2, 0) is 6.54 Å². The molecule has 0 spiro atoms. The number of anilines is 1. The first kappa shape index (κ1) is 16.4. The minimum atomic E-state index is 0.147. The second kappa shape index (κ2) is 7.32. The van der Waals surface area contributed by atoms with Crippen LogP contribution in [0.2, 0.25) is 0 Å². The van der Waals surface area contributed by atoms with Gasteiger partial charge in [0.15, 0.2) is 0 Å². The molecular weight excluding hydrogens is 394 g/mol. The summed E-state index contributed by atoms with van der Waals surface area (Å²) in [6, 6.07) is 12.6. The van der Waals surface area contributed by atoms with Crippen molar-refractivity contribution in [2.24, 2.45) is 0 Å². The van der Waals surface area contributed by atoms with Crippen LogP contribution in [-0.4, -0.2) is 6.10 Å². The molecule has 0 amide bonds. The summed E-state index contributed by atoms with van der Waals surface area (Å²) in [5.41, 5.74) is 3.57. The highest BCUT2D eigenvalue weighted by Gasteiger charge is 2.10. The van der Waals surface area contributed by atoms with Crippen LogP contribution in [0.3, 0.4) is 0 Å². The number of hydrogen-bond acceptors (Lipinski definition) is 2. The maximum atomic E-state index is 5.79. The van der Waals surface area contributed by atoms with Gasteiger partial charge in [0.2, 0.25) is 0 Å². The van der Waals surface area contributed by atoms with E-state index in [9.17, 15) is 0 Å². The standard InChI is InChI=1S/C17H19Br2NO/c1-11(2)21-17-15(18)8-13(9-16(17)19)10-20-14-6-4-12(3)5-7-14/h4-9,11,20H,10H2,1-3H3. The van der Waals surface area contributed by atoms with Crippen molar-refractivity contribution in [3.05, 3.63) is 56.5 Å². The van der Waals surface area contributed by atoms with E-state index in [0.717, 1.165) is 26.9 Å². The molecule has 0 saturated heterocycles. The van der Waals surface area contributed by atoms with Gasteiger partial charge in [-0.15, -0.1) is 0 Å². The van der Waals surface area contributed by atoms with E-state index < -0.39 is 0 Å². The van der Waals surface area contributed by atoms with E-state index in [1.54, 1.807) is 0 Å². The van der Waals surface area contributed by atoms with Crippen LogP contribution in [0.25, 0.3) is 0 Å². The Hall–Kier alpha value is -1.000. The molecule has 1 N–H and O–H groups in total. The third kappa shape index (κ3) is 4.75. The summed E-state index contributed by atoms with van der Waals surface area (Å²) in [4.78, 5) is 0. The number of aryl methyl sites for hydroxylation is 1. The highest BCUT2D eigenvalue weighted by atomic mass is 79.9. The zero-order chi connectivity index (χ0) is 15.4. The Bertz CT molecular complexity index is 586. The number of benzene rings is 2. The number of ether oxygens (including phenoxy) is 1. The van der Waals surface area contributed by atoms with E-state index in [1.807, 2.05) is 13.8 Å². The van der Waals surface area contributed by atoms with Crippen molar-refractivity contribution >= 4 is 37.5 Å². The van der Waals surface area contributed by atoms with Gasteiger partial charge in [0, 0.05) is 12.2 Å². The lowest BCUT2D eigenvalue weighted by molar-refractivity contribution is 0.239. The van der Waals surface area contributed by atoms with Crippen LogP contribution in [0.1, 0.15) is 25.0 Å². The Labute approximate surface area is 143 Å². The van der Waals surface area contributed by atoms with Crippen LogP contribution >= 0.6 is 31.9 Å². The Balaban J connectivity index is 2.09. The molecule has 0 unspecified atom stereocenters. The van der Waals surface area contributed by atoms with E-state index >= 15 is 0 Å². The molecule has 0 heterocycles. The molecule has 0 aliphatic rings. The van der Waals surface area contributed by atoms with E-state index in [1.165, 1.54) is 11.1 Å². The second-order valence-corrected chi connectivity index (χ2v) is 6.98. The van der Waals surface area contributed by atoms with Gasteiger partial charge in [0.1, 0.15) is 5.75 Å². The lowest BCUT2D eigenvalue weighted by Crippen LogP contribution is -2.07. The van der Waals surface area contributed by atoms with Gasteiger partial charge in [0.05, 0.1) is 15.0 Å². The van der Waals surface area contributed by atoms with Crippen molar-refractivity contribution in [1.29, 1.82) is 0 Å². The number of halogens is 2. The molecule has 2 aromatic carbocycles. The fourth-order valence-electron chi connectivity index (χ4n) is 1.94. The Morgan fingerprint density at radius 2 is 1.62 bits per heavy atom. The topological polar surface area (TPSA) is 21.3 Å². The molecule has 21 heavy (non-hydrogen) atoms. The predicted molar refractivity (Wildman–Crippen MR) is 96.1 cm³/mol. The number of hydrogen-bond donors (Lipinski definition) is 1. The molecule has 0 saturated carbocycles. The predicted octanol–water partition coefficient (Wildman–Crippen LogP) is 5.92. The lowest BCUT2D eigenvalue weighted by atomic mass is 10.2. The van der Waals surface area contributed by atoms with Crippen molar-refractivity contribution in [1.82, 2.24) is 0 Å². The Morgan fingerprint density at radius 1 is 1.05 bits per heavy atom. The average Bonchev–Trinajstić information content (AvgIpc) is 2.42. The van der Waals surface area contributed by atoms with Crippen molar-refractivity contribution in [3.63, 3.8) is 0 Å². The van der Waals surface area contributed by atoms with E-state index in [-0.39, 0.29) is 6.10 Å². The first-order valence-corrected chi connectivity index (χ1v) is 8.49. The van der Waals surface area contributed by atoms with Gasteiger partial charge in [-0.2, -0.15) is 0 Å². The minimum absolute atomic E-state index is 0.147. The van der Waals surface area contributed by atoms with Crippen LogP contribution in [0.5, 0.6) is 5.75 Å². The molecule has 2 rings (SSSR count). The maximum Gasteiger partial charge on any atom is 0.148 e. The summed E-state index contributed by atoms with van der Waals surface area (Å²) in [5, 5.41) is 3.42. The lowest BCUT2D eigenvalue weighted by Gasteiger charge is -2.15. The van der Waals surface area contributed by atoms with Gasteiger partial charge in [-0.05, 0) is 82.5 Å². The van der Waals surface area contributed by atoms with Crippen molar-refractivity contribution in [3.8, 4) is 5.75 Å². The second-order valence-electron chi connectivity index (χ2n) is 5.27. The molecule has 0 aliphatic heterocycles. The fraction of sp³-hybridized carbons (Fsp3) is 0.294. The van der Waals surface area contributed by atoms with Gasteiger partial charge in [-0.25, -0.2) is 0 Å². The monoisotopic (exact) mass is 411 g/mol.